The molecule has 0 spiro atoms. The lowest BCUT2D eigenvalue weighted by Crippen LogP contribution is -2.40. The molecule has 4 nitrogen and oxygen atoms in total. The minimum Gasteiger partial charge on any atom is -0.496 e. The van der Waals surface area contributed by atoms with Crippen LogP contribution in [0.5, 0.6) is 5.75 Å². The van der Waals surface area contributed by atoms with Crippen LogP contribution >= 0.6 is 0 Å². The number of likely N-dealkylation sites (tertiary alicyclic amines) is 1. The summed E-state index contributed by atoms with van der Waals surface area (Å²) >= 11 is 0. The average Bonchev–Trinajstić information content (AvgIpc) is 2.56. The van der Waals surface area contributed by atoms with Gasteiger partial charge in [0.1, 0.15) is 5.75 Å². The summed E-state index contributed by atoms with van der Waals surface area (Å²) in [4.78, 5) is 14.1. The topological polar surface area (TPSA) is 41.6 Å². The van der Waals surface area contributed by atoms with Crippen LogP contribution in [0, 0.1) is 0 Å². The molecule has 1 aromatic carbocycles. The number of hydrogen-bond donors (Lipinski definition) is 1. The van der Waals surface area contributed by atoms with E-state index >= 15 is 0 Å². The van der Waals surface area contributed by atoms with E-state index in [0.29, 0.717) is 13.0 Å². The predicted octanol–water partition coefficient (Wildman–Crippen LogP) is 2.75. The molecular formula is C17H26N2O2. The fourth-order valence-corrected chi connectivity index (χ4v) is 2.94. The van der Waals surface area contributed by atoms with Crippen molar-refractivity contribution in [2.45, 2.75) is 38.6 Å². The third-order valence-corrected chi connectivity index (χ3v) is 4.14. The minimum atomic E-state index is 0.104. The van der Waals surface area contributed by atoms with E-state index in [1.165, 1.54) is 24.8 Å². The molecule has 1 aromatic rings. The Balaban J connectivity index is 2.19. The number of nitrogens with one attached hydrogen (secondary N) is 1. The number of carbonyl (C=O) groups excluding carboxylic acids is 1. The van der Waals surface area contributed by atoms with Crippen molar-refractivity contribution in [2.75, 3.05) is 26.7 Å². The molecule has 4 heteroatoms. The van der Waals surface area contributed by atoms with Gasteiger partial charge < -0.3 is 10.1 Å². The van der Waals surface area contributed by atoms with Crippen molar-refractivity contribution in [3.63, 3.8) is 0 Å². The second kappa shape index (κ2) is 8.03. The monoisotopic (exact) mass is 290 g/mol. The quantitative estimate of drug-likeness (QED) is 0.876. The summed E-state index contributed by atoms with van der Waals surface area (Å²) in [5.41, 5.74) is 1.17. The Morgan fingerprint density at radius 3 is 2.67 bits per heavy atom. The van der Waals surface area contributed by atoms with Crippen LogP contribution in [0.3, 0.4) is 0 Å². The van der Waals surface area contributed by atoms with E-state index in [1.807, 2.05) is 25.1 Å². The summed E-state index contributed by atoms with van der Waals surface area (Å²) in [7, 11) is 1.71. The Hall–Kier alpha value is -1.55. The Kier molecular flexibility index (Phi) is 6.05. The van der Waals surface area contributed by atoms with Gasteiger partial charge in [0.2, 0.25) is 5.91 Å². The SMILES string of the molecule is CCC(=O)NC[C@H](c1ccccc1OC)N1CCCCC1. The first kappa shape index (κ1) is 15.8. The highest BCUT2D eigenvalue weighted by molar-refractivity contribution is 5.75. The molecule has 1 aliphatic rings. The number of benzene rings is 1. The smallest absolute Gasteiger partial charge is 0.219 e. The van der Waals surface area contributed by atoms with Crippen molar-refractivity contribution in [3.8, 4) is 5.75 Å². The van der Waals surface area contributed by atoms with E-state index in [9.17, 15) is 4.79 Å². The molecule has 0 unspecified atom stereocenters. The van der Waals surface area contributed by atoms with Gasteiger partial charge in [-0.05, 0) is 32.0 Å². The van der Waals surface area contributed by atoms with Gasteiger partial charge in [0.25, 0.3) is 0 Å². The summed E-state index contributed by atoms with van der Waals surface area (Å²) in [6.07, 6.45) is 4.29. The van der Waals surface area contributed by atoms with Crippen molar-refractivity contribution in [1.29, 1.82) is 0 Å². The molecule has 116 valence electrons. The molecule has 0 aliphatic carbocycles. The Bertz CT molecular complexity index is 456. The number of ether oxygens (including phenoxy) is 1. The van der Waals surface area contributed by atoms with Gasteiger partial charge in [-0.25, -0.2) is 0 Å². The fourth-order valence-electron chi connectivity index (χ4n) is 2.94. The highest BCUT2D eigenvalue weighted by atomic mass is 16.5. The minimum absolute atomic E-state index is 0.104. The third kappa shape index (κ3) is 4.21. The Morgan fingerprint density at radius 2 is 2.00 bits per heavy atom. The molecule has 0 radical (unpaired) electrons. The molecule has 1 aliphatic heterocycles. The van der Waals surface area contributed by atoms with Gasteiger partial charge in [0, 0.05) is 18.5 Å². The van der Waals surface area contributed by atoms with Crippen LogP contribution in [-0.4, -0.2) is 37.6 Å². The van der Waals surface area contributed by atoms with Gasteiger partial charge >= 0.3 is 0 Å². The molecule has 1 atom stereocenters. The maximum Gasteiger partial charge on any atom is 0.219 e. The number of piperidine rings is 1. The lowest BCUT2D eigenvalue weighted by Gasteiger charge is -2.35. The van der Waals surface area contributed by atoms with Gasteiger partial charge in [0.15, 0.2) is 0 Å². The van der Waals surface area contributed by atoms with E-state index < -0.39 is 0 Å². The molecule has 1 fully saturated rings. The molecule has 0 saturated carbocycles. The molecule has 1 heterocycles. The van der Waals surface area contributed by atoms with Crippen molar-refractivity contribution in [1.82, 2.24) is 10.2 Å². The molecule has 21 heavy (non-hydrogen) atoms. The molecule has 0 bridgehead atoms. The second-order valence-electron chi connectivity index (χ2n) is 5.51. The average molecular weight is 290 g/mol. The molecule has 0 aromatic heterocycles. The fraction of sp³-hybridized carbons (Fsp3) is 0.588. The van der Waals surface area contributed by atoms with Gasteiger partial charge in [0.05, 0.1) is 13.2 Å². The summed E-state index contributed by atoms with van der Waals surface area (Å²) in [5.74, 6) is 1.01. The van der Waals surface area contributed by atoms with Crippen LogP contribution in [0.25, 0.3) is 0 Å². The standard InChI is InChI=1S/C17H26N2O2/c1-3-17(20)18-13-15(19-11-7-4-8-12-19)14-9-5-6-10-16(14)21-2/h5-6,9-10,15H,3-4,7-8,11-13H2,1-2H3,(H,18,20)/t15-/m1/s1. The highest BCUT2D eigenvalue weighted by Gasteiger charge is 2.25. The first-order valence-corrected chi connectivity index (χ1v) is 7.90. The van der Waals surface area contributed by atoms with Gasteiger partial charge in [-0.15, -0.1) is 0 Å². The van der Waals surface area contributed by atoms with Crippen molar-refractivity contribution >= 4 is 5.91 Å². The number of carbonyl (C=O) groups is 1. The summed E-state index contributed by atoms with van der Waals surface area (Å²) in [6.45, 7) is 4.71. The second-order valence-corrected chi connectivity index (χ2v) is 5.51. The molecule has 2 rings (SSSR count). The number of para-hydroxylation sites is 1. The zero-order chi connectivity index (χ0) is 15.1. The predicted molar refractivity (Wildman–Crippen MR) is 84.5 cm³/mol. The first-order chi connectivity index (χ1) is 10.3. The Labute approximate surface area is 127 Å². The normalized spacial score (nSPS) is 17.2. The van der Waals surface area contributed by atoms with Crippen LogP contribution in [0.4, 0.5) is 0 Å². The van der Waals surface area contributed by atoms with Crippen LogP contribution in [0.1, 0.15) is 44.2 Å². The maximum atomic E-state index is 11.6. The summed E-state index contributed by atoms with van der Waals surface area (Å²) in [6, 6.07) is 8.32. The van der Waals surface area contributed by atoms with Gasteiger partial charge in [-0.1, -0.05) is 31.5 Å². The van der Waals surface area contributed by atoms with Gasteiger partial charge in [-0.2, -0.15) is 0 Å². The molecule has 1 N–H and O–H groups in total. The maximum absolute atomic E-state index is 11.6. The Morgan fingerprint density at radius 1 is 1.29 bits per heavy atom. The zero-order valence-corrected chi connectivity index (χ0v) is 13.1. The van der Waals surface area contributed by atoms with E-state index in [1.54, 1.807) is 7.11 Å². The molecule has 1 amide bonds. The van der Waals surface area contributed by atoms with Crippen LogP contribution in [0.15, 0.2) is 24.3 Å². The number of rotatable bonds is 6. The lowest BCUT2D eigenvalue weighted by molar-refractivity contribution is -0.121. The summed E-state index contributed by atoms with van der Waals surface area (Å²) in [5, 5.41) is 3.04. The molecule has 1 saturated heterocycles. The van der Waals surface area contributed by atoms with E-state index in [0.717, 1.165) is 18.8 Å². The van der Waals surface area contributed by atoms with Crippen molar-refractivity contribution in [2.24, 2.45) is 0 Å². The highest BCUT2D eigenvalue weighted by Crippen LogP contribution is 2.30. The number of methoxy groups -OCH3 is 1. The van der Waals surface area contributed by atoms with E-state index in [-0.39, 0.29) is 11.9 Å². The number of amides is 1. The largest absolute Gasteiger partial charge is 0.496 e. The van der Waals surface area contributed by atoms with Crippen molar-refractivity contribution < 1.29 is 9.53 Å². The van der Waals surface area contributed by atoms with Crippen LogP contribution in [-0.2, 0) is 4.79 Å². The zero-order valence-electron chi connectivity index (χ0n) is 13.1. The van der Waals surface area contributed by atoms with Crippen LogP contribution < -0.4 is 10.1 Å². The van der Waals surface area contributed by atoms with E-state index in [4.69, 9.17) is 4.74 Å². The number of nitrogens with zero attached hydrogens (tertiary/aromatic N) is 1. The molecular weight excluding hydrogens is 264 g/mol. The van der Waals surface area contributed by atoms with Gasteiger partial charge in [-0.3, -0.25) is 9.69 Å². The third-order valence-electron chi connectivity index (χ3n) is 4.14. The lowest BCUT2D eigenvalue weighted by atomic mass is 10.0. The first-order valence-electron chi connectivity index (χ1n) is 7.90. The summed E-state index contributed by atoms with van der Waals surface area (Å²) < 4.78 is 5.51. The van der Waals surface area contributed by atoms with Crippen molar-refractivity contribution in [3.05, 3.63) is 29.8 Å². The van der Waals surface area contributed by atoms with Crippen LogP contribution in [0.2, 0.25) is 0 Å². The van der Waals surface area contributed by atoms with E-state index in [2.05, 4.69) is 16.3 Å². The number of hydrogen-bond acceptors (Lipinski definition) is 3.